The van der Waals surface area contributed by atoms with E-state index >= 15 is 0 Å². The van der Waals surface area contributed by atoms with Crippen molar-refractivity contribution in [1.29, 1.82) is 0 Å². The van der Waals surface area contributed by atoms with Gasteiger partial charge in [0.25, 0.3) is 0 Å². The molecule has 0 aliphatic carbocycles. The molecule has 2 N–H and O–H groups in total. The van der Waals surface area contributed by atoms with Gasteiger partial charge in [0, 0.05) is 13.1 Å². The first-order valence-corrected chi connectivity index (χ1v) is 5.09. The molecule has 0 aliphatic heterocycles. The number of halogens is 4. The van der Waals surface area contributed by atoms with Crippen LogP contribution < -0.4 is 5.32 Å². The molecule has 1 aromatic carbocycles. The van der Waals surface area contributed by atoms with Gasteiger partial charge in [-0.2, -0.15) is 13.2 Å². The van der Waals surface area contributed by atoms with Gasteiger partial charge >= 0.3 is 6.18 Å². The summed E-state index contributed by atoms with van der Waals surface area (Å²) in [5.41, 5.74) is 0.464. The van der Waals surface area contributed by atoms with Gasteiger partial charge in [-0.05, 0) is 17.7 Å². The molecule has 0 aromatic heterocycles. The molecule has 0 radical (unpaired) electrons. The van der Waals surface area contributed by atoms with Crippen molar-refractivity contribution in [1.82, 2.24) is 5.32 Å². The highest BCUT2D eigenvalue weighted by Gasteiger charge is 2.26. The largest absolute Gasteiger partial charge is 0.390 e. The molecule has 6 heteroatoms. The van der Waals surface area contributed by atoms with Crippen molar-refractivity contribution in [2.24, 2.45) is 0 Å². The molecule has 2 nitrogen and oxygen atoms in total. The Morgan fingerprint density at radius 2 is 1.76 bits per heavy atom. The molecule has 17 heavy (non-hydrogen) atoms. The van der Waals surface area contributed by atoms with Gasteiger partial charge in [-0.3, -0.25) is 0 Å². The van der Waals surface area contributed by atoms with Gasteiger partial charge in [0.1, 0.15) is 5.82 Å². The Labute approximate surface area is 96.3 Å². The van der Waals surface area contributed by atoms with Crippen LogP contribution >= 0.6 is 0 Å². The van der Waals surface area contributed by atoms with Crippen molar-refractivity contribution in [2.75, 3.05) is 13.1 Å². The molecular formula is C11H13F4NO. The Hall–Kier alpha value is -1.14. The lowest BCUT2D eigenvalue weighted by Crippen LogP contribution is -2.26. The van der Waals surface area contributed by atoms with Crippen LogP contribution in [0.1, 0.15) is 18.1 Å². The van der Waals surface area contributed by atoms with E-state index in [9.17, 15) is 22.7 Å². The van der Waals surface area contributed by atoms with E-state index in [2.05, 4.69) is 5.32 Å². The number of rotatable bonds is 5. The third kappa shape index (κ3) is 5.65. The maximum Gasteiger partial charge on any atom is 0.390 e. The second-order valence-corrected chi connectivity index (χ2v) is 3.64. The maximum absolute atomic E-state index is 12.6. The SMILES string of the molecule is OC(CNCCC(F)(F)F)c1ccc(F)cc1. The van der Waals surface area contributed by atoms with Crippen molar-refractivity contribution < 1.29 is 22.7 Å². The Morgan fingerprint density at radius 1 is 1.18 bits per heavy atom. The zero-order valence-electron chi connectivity index (χ0n) is 8.97. The van der Waals surface area contributed by atoms with Crippen LogP contribution in [-0.2, 0) is 0 Å². The standard InChI is InChI=1S/C11H13F4NO/c12-9-3-1-8(2-4-9)10(17)7-16-6-5-11(13,14)15/h1-4,10,16-17H,5-7H2. The fourth-order valence-electron chi connectivity index (χ4n) is 1.27. The van der Waals surface area contributed by atoms with E-state index in [1.165, 1.54) is 24.3 Å². The first-order chi connectivity index (χ1) is 7.88. The summed E-state index contributed by atoms with van der Waals surface area (Å²) >= 11 is 0. The van der Waals surface area contributed by atoms with Crippen LogP contribution in [0.25, 0.3) is 0 Å². The van der Waals surface area contributed by atoms with E-state index < -0.39 is 24.5 Å². The molecule has 1 rings (SSSR count). The lowest BCUT2D eigenvalue weighted by atomic mass is 10.1. The number of hydrogen-bond acceptors (Lipinski definition) is 2. The van der Waals surface area contributed by atoms with Crippen molar-refractivity contribution >= 4 is 0 Å². The van der Waals surface area contributed by atoms with Gasteiger partial charge in [0.15, 0.2) is 0 Å². The van der Waals surface area contributed by atoms with Gasteiger partial charge in [-0.25, -0.2) is 4.39 Å². The normalized spacial score (nSPS) is 13.7. The number of benzene rings is 1. The second kappa shape index (κ2) is 5.97. The van der Waals surface area contributed by atoms with Gasteiger partial charge in [-0.1, -0.05) is 12.1 Å². The van der Waals surface area contributed by atoms with Crippen LogP contribution in [-0.4, -0.2) is 24.4 Å². The van der Waals surface area contributed by atoms with Crippen LogP contribution in [0.3, 0.4) is 0 Å². The topological polar surface area (TPSA) is 32.3 Å². The molecule has 0 aliphatic rings. The molecule has 1 unspecified atom stereocenters. The minimum Gasteiger partial charge on any atom is -0.387 e. The fourth-order valence-corrected chi connectivity index (χ4v) is 1.27. The van der Waals surface area contributed by atoms with E-state index in [0.29, 0.717) is 5.56 Å². The van der Waals surface area contributed by atoms with Gasteiger partial charge in [0.05, 0.1) is 12.5 Å². The molecule has 1 atom stereocenters. The van der Waals surface area contributed by atoms with Crippen molar-refractivity contribution in [2.45, 2.75) is 18.7 Å². The Morgan fingerprint density at radius 3 is 2.29 bits per heavy atom. The van der Waals surface area contributed by atoms with Crippen LogP contribution in [0, 0.1) is 5.82 Å². The average molecular weight is 251 g/mol. The smallest absolute Gasteiger partial charge is 0.387 e. The van der Waals surface area contributed by atoms with Gasteiger partial charge in [-0.15, -0.1) is 0 Å². The second-order valence-electron chi connectivity index (χ2n) is 3.64. The lowest BCUT2D eigenvalue weighted by Gasteiger charge is -2.13. The molecular weight excluding hydrogens is 238 g/mol. The molecule has 0 bridgehead atoms. The summed E-state index contributed by atoms with van der Waals surface area (Å²) < 4.78 is 48.0. The summed E-state index contributed by atoms with van der Waals surface area (Å²) in [5, 5.41) is 12.1. The summed E-state index contributed by atoms with van der Waals surface area (Å²) in [6.07, 6.45) is -6.08. The third-order valence-corrected chi connectivity index (χ3v) is 2.18. The summed E-state index contributed by atoms with van der Waals surface area (Å²) in [6, 6.07) is 5.17. The number of aliphatic hydroxyl groups excluding tert-OH is 1. The first-order valence-electron chi connectivity index (χ1n) is 5.09. The van der Waals surface area contributed by atoms with E-state index in [0.717, 1.165) is 0 Å². The minimum absolute atomic E-state index is 0.00170. The van der Waals surface area contributed by atoms with Crippen LogP contribution in [0.2, 0.25) is 0 Å². The fraction of sp³-hybridized carbons (Fsp3) is 0.455. The van der Waals surface area contributed by atoms with Crippen LogP contribution in [0.4, 0.5) is 17.6 Å². The predicted octanol–water partition coefficient (Wildman–Crippen LogP) is 2.40. The number of nitrogens with one attached hydrogen (secondary N) is 1. The highest BCUT2D eigenvalue weighted by molar-refractivity contribution is 5.18. The Balaban J connectivity index is 2.30. The highest BCUT2D eigenvalue weighted by Crippen LogP contribution is 2.18. The molecule has 1 aromatic rings. The van der Waals surface area contributed by atoms with E-state index in [4.69, 9.17) is 0 Å². The van der Waals surface area contributed by atoms with E-state index in [-0.39, 0.29) is 13.1 Å². The molecule has 0 amide bonds. The Kier molecular flexibility index (Phi) is 4.89. The number of alkyl halides is 3. The maximum atomic E-state index is 12.6. The Bertz CT molecular complexity index is 336. The molecule has 0 saturated heterocycles. The average Bonchev–Trinajstić information content (AvgIpc) is 2.24. The zero-order chi connectivity index (χ0) is 12.9. The number of hydrogen-bond donors (Lipinski definition) is 2. The molecule has 96 valence electrons. The van der Waals surface area contributed by atoms with Crippen molar-refractivity contribution in [3.63, 3.8) is 0 Å². The summed E-state index contributed by atoms with van der Waals surface area (Å²) in [4.78, 5) is 0. The summed E-state index contributed by atoms with van der Waals surface area (Å²) in [6.45, 7) is -0.247. The first kappa shape index (κ1) is 13.9. The molecule has 0 fully saturated rings. The quantitative estimate of drug-likeness (QED) is 0.622. The van der Waals surface area contributed by atoms with Crippen molar-refractivity contribution in [3.8, 4) is 0 Å². The number of aliphatic hydroxyl groups is 1. The van der Waals surface area contributed by atoms with Crippen LogP contribution in [0.5, 0.6) is 0 Å². The summed E-state index contributed by atoms with van der Waals surface area (Å²) in [7, 11) is 0. The molecule has 0 saturated carbocycles. The van der Waals surface area contributed by atoms with Gasteiger partial charge < -0.3 is 10.4 Å². The van der Waals surface area contributed by atoms with E-state index in [1.54, 1.807) is 0 Å². The molecule has 0 heterocycles. The predicted molar refractivity (Wildman–Crippen MR) is 54.9 cm³/mol. The minimum atomic E-state index is -4.20. The zero-order valence-corrected chi connectivity index (χ0v) is 8.97. The lowest BCUT2D eigenvalue weighted by molar-refractivity contribution is -0.133. The third-order valence-electron chi connectivity index (χ3n) is 2.18. The van der Waals surface area contributed by atoms with E-state index in [1.807, 2.05) is 0 Å². The molecule has 0 spiro atoms. The van der Waals surface area contributed by atoms with Crippen LogP contribution in [0.15, 0.2) is 24.3 Å². The van der Waals surface area contributed by atoms with Crippen molar-refractivity contribution in [3.05, 3.63) is 35.6 Å². The highest BCUT2D eigenvalue weighted by atomic mass is 19.4. The van der Waals surface area contributed by atoms with Gasteiger partial charge in [0.2, 0.25) is 0 Å². The summed E-state index contributed by atoms with van der Waals surface area (Å²) in [5.74, 6) is -0.425. The monoisotopic (exact) mass is 251 g/mol.